The molecule has 0 amide bonds. The highest BCUT2D eigenvalue weighted by atomic mass is 16.3. The lowest BCUT2D eigenvalue weighted by Crippen LogP contribution is -2.12. The predicted molar refractivity (Wildman–Crippen MR) is 52.4 cm³/mol. The third-order valence-corrected chi connectivity index (χ3v) is 2.13. The fraction of sp³-hybridized carbons (Fsp3) is 0.636. The van der Waals surface area contributed by atoms with Crippen molar-refractivity contribution in [1.82, 2.24) is 0 Å². The van der Waals surface area contributed by atoms with Crippen molar-refractivity contribution in [1.29, 1.82) is 0 Å². The molecule has 2 heteroatoms. The van der Waals surface area contributed by atoms with Gasteiger partial charge in [-0.15, -0.1) is 0 Å². The smallest absolute Gasteiger partial charge is 0.104 e. The first-order valence-electron chi connectivity index (χ1n) is 4.85. The second-order valence-electron chi connectivity index (χ2n) is 3.96. The molecule has 1 aromatic rings. The molecule has 1 rings (SSSR count). The van der Waals surface area contributed by atoms with Crippen molar-refractivity contribution in [3.05, 3.63) is 24.2 Å². The van der Waals surface area contributed by atoms with Crippen molar-refractivity contribution >= 4 is 0 Å². The van der Waals surface area contributed by atoms with Crippen molar-refractivity contribution in [2.24, 2.45) is 11.8 Å². The third-order valence-electron chi connectivity index (χ3n) is 2.13. The molecule has 0 aliphatic carbocycles. The minimum Gasteiger partial charge on any atom is -0.469 e. The van der Waals surface area contributed by atoms with E-state index in [-0.39, 0.29) is 6.61 Å². The molecule has 0 aliphatic heterocycles. The minimum atomic E-state index is 0.249. The van der Waals surface area contributed by atoms with Gasteiger partial charge in [0.1, 0.15) is 5.76 Å². The zero-order valence-electron chi connectivity index (χ0n) is 8.36. The number of aliphatic hydroxyl groups is 1. The Bertz CT molecular complexity index is 214. The maximum Gasteiger partial charge on any atom is 0.104 e. The summed E-state index contributed by atoms with van der Waals surface area (Å²) in [5.41, 5.74) is 0. The summed E-state index contributed by atoms with van der Waals surface area (Å²) in [5, 5.41) is 9.13. The van der Waals surface area contributed by atoms with Gasteiger partial charge in [0, 0.05) is 13.0 Å². The average Bonchev–Trinajstić information content (AvgIpc) is 2.55. The maximum atomic E-state index is 9.13. The van der Waals surface area contributed by atoms with Gasteiger partial charge in [0.05, 0.1) is 6.26 Å². The van der Waals surface area contributed by atoms with Crippen LogP contribution in [-0.4, -0.2) is 11.7 Å². The molecule has 0 saturated heterocycles. The summed E-state index contributed by atoms with van der Waals surface area (Å²) in [6.45, 7) is 4.59. The molecule has 74 valence electrons. The van der Waals surface area contributed by atoms with Crippen LogP contribution >= 0.6 is 0 Å². The molecule has 1 heterocycles. The molecule has 1 aromatic heterocycles. The van der Waals surface area contributed by atoms with E-state index in [2.05, 4.69) is 13.8 Å². The SMILES string of the molecule is CC(C)CC(CO)Cc1ccco1. The lowest BCUT2D eigenvalue weighted by molar-refractivity contribution is 0.199. The topological polar surface area (TPSA) is 33.4 Å². The normalized spacial score (nSPS) is 13.5. The van der Waals surface area contributed by atoms with Gasteiger partial charge < -0.3 is 9.52 Å². The van der Waals surface area contributed by atoms with E-state index in [1.807, 2.05) is 12.1 Å². The highest BCUT2D eigenvalue weighted by Crippen LogP contribution is 2.16. The highest BCUT2D eigenvalue weighted by Gasteiger charge is 2.11. The van der Waals surface area contributed by atoms with Crippen molar-refractivity contribution in [2.45, 2.75) is 26.7 Å². The van der Waals surface area contributed by atoms with E-state index >= 15 is 0 Å². The van der Waals surface area contributed by atoms with Crippen molar-refractivity contribution in [3.8, 4) is 0 Å². The van der Waals surface area contributed by atoms with Crippen molar-refractivity contribution in [2.75, 3.05) is 6.61 Å². The van der Waals surface area contributed by atoms with Gasteiger partial charge in [-0.2, -0.15) is 0 Å². The average molecular weight is 182 g/mol. The summed E-state index contributed by atoms with van der Waals surface area (Å²) >= 11 is 0. The van der Waals surface area contributed by atoms with E-state index in [9.17, 15) is 0 Å². The Kier molecular flexibility index (Phi) is 4.03. The van der Waals surface area contributed by atoms with Crippen LogP contribution in [0.15, 0.2) is 22.8 Å². The van der Waals surface area contributed by atoms with Gasteiger partial charge in [-0.05, 0) is 30.4 Å². The Morgan fingerprint density at radius 2 is 2.23 bits per heavy atom. The molecule has 2 nitrogen and oxygen atoms in total. The highest BCUT2D eigenvalue weighted by molar-refractivity contribution is 4.99. The molecule has 13 heavy (non-hydrogen) atoms. The van der Waals surface area contributed by atoms with E-state index in [4.69, 9.17) is 9.52 Å². The summed E-state index contributed by atoms with van der Waals surface area (Å²) in [7, 11) is 0. The Morgan fingerprint density at radius 1 is 1.46 bits per heavy atom. The molecule has 0 aromatic carbocycles. The van der Waals surface area contributed by atoms with E-state index in [1.165, 1.54) is 0 Å². The van der Waals surface area contributed by atoms with E-state index in [0.717, 1.165) is 18.6 Å². The molecule has 1 unspecified atom stereocenters. The fourth-order valence-electron chi connectivity index (χ4n) is 1.60. The van der Waals surface area contributed by atoms with Crippen molar-refractivity contribution in [3.63, 3.8) is 0 Å². The van der Waals surface area contributed by atoms with Gasteiger partial charge in [0.2, 0.25) is 0 Å². The summed E-state index contributed by atoms with van der Waals surface area (Å²) in [4.78, 5) is 0. The molecule has 1 N–H and O–H groups in total. The van der Waals surface area contributed by atoms with Crippen LogP contribution < -0.4 is 0 Å². The first-order chi connectivity index (χ1) is 6.22. The van der Waals surface area contributed by atoms with Crippen LogP contribution in [0.25, 0.3) is 0 Å². The predicted octanol–water partition coefficient (Wildman–Crippen LogP) is 2.48. The largest absolute Gasteiger partial charge is 0.469 e. The lowest BCUT2D eigenvalue weighted by Gasteiger charge is -2.14. The monoisotopic (exact) mass is 182 g/mol. The lowest BCUT2D eigenvalue weighted by atomic mass is 9.94. The van der Waals surface area contributed by atoms with Gasteiger partial charge in [0.15, 0.2) is 0 Å². The summed E-state index contributed by atoms with van der Waals surface area (Å²) in [6.07, 6.45) is 3.58. The second kappa shape index (κ2) is 5.07. The maximum absolute atomic E-state index is 9.13. The molecule has 0 aliphatic rings. The Balaban J connectivity index is 2.40. The van der Waals surface area contributed by atoms with Crippen LogP contribution in [0.3, 0.4) is 0 Å². The minimum absolute atomic E-state index is 0.249. The van der Waals surface area contributed by atoms with Gasteiger partial charge in [-0.1, -0.05) is 13.8 Å². The Morgan fingerprint density at radius 3 is 2.69 bits per heavy atom. The molecular formula is C11H18O2. The molecule has 0 spiro atoms. The first kappa shape index (κ1) is 10.3. The van der Waals surface area contributed by atoms with Crippen LogP contribution in [0.1, 0.15) is 26.0 Å². The van der Waals surface area contributed by atoms with Crippen LogP contribution in [0.2, 0.25) is 0 Å². The fourth-order valence-corrected chi connectivity index (χ4v) is 1.60. The van der Waals surface area contributed by atoms with Crippen LogP contribution in [0.4, 0.5) is 0 Å². The van der Waals surface area contributed by atoms with E-state index in [1.54, 1.807) is 6.26 Å². The van der Waals surface area contributed by atoms with Gasteiger partial charge >= 0.3 is 0 Å². The molecule has 1 atom stereocenters. The number of rotatable bonds is 5. The zero-order chi connectivity index (χ0) is 9.68. The third kappa shape index (κ3) is 3.64. The van der Waals surface area contributed by atoms with Gasteiger partial charge in [0.25, 0.3) is 0 Å². The number of aliphatic hydroxyl groups excluding tert-OH is 1. The molecule has 0 bridgehead atoms. The first-order valence-corrected chi connectivity index (χ1v) is 4.85. The standard InChI is InChI=1S/C11H18O2/c1-9(2)6-10(8-12)7-11-4-3-5-13-11/h3-5,9-10,12H,6-8H2,1-2H3. The summed E-state index contributed by atoms with van der Waals surface area (Å²) < 4.78 is 5.24. The van der Waals surface area contributed by atoms with E-state index in [0.29, 0.717) is 11.8 Å². The molecule has 0 saturated carbocycles. The van der Waals surface area contributed by atoms with Crippen LogP contribution in [-0.2, 0) is 6.42 Å². The number of hydrogen-bond acceptors (Lipinski definition) is 2. The molecule has 0 fully saturated rings. The van der Waals surface area contributed by atoms with Gasteiger partial charge in [-0.25, -0.2) is 0 Å². The quantitative estimate of drug-likeness (QED) is 0.759. The number of furan rings is 1. The van der Waals surface area contributed by atoms with Crippen molar-refractivity contribution < 1.29 is 9.52 Å². The van der Waals surface area contributed by atoms with E-state index < -0.39 is 0 Å². The Labute approximate surface area is 79.6 Å². The zero-order valence-corrected chi connectivity index (χ0v) is 8.36. The summed E-state index contributed by atoms with van der Waals surface area (Å²) in [5.74, 6) is 1.94. The van der Waals surface area contributed by atoms with Crippen LogP contribution in [0.5, 0.6) is 0 Å². The van der Waals surface area contributed by atoms with Gasteiger partial charge in [-0.3, -0.25) is 0 Å². The Hall–Kier alpha value is -0.760. The molecule has 0 radical (unpaired) electrons. The molecular weight excluding hydrogens is 164 g/mol. The summed E-state index contributed by atoms with van der Waals surface area (Å²) in [6, 6.07) is 3.85. The number of hydrogen-bond donors (Lipinski definition) is 1. The second-order valence-corrected chi connectivity index (χ2v) is 3.96. The van der Waals surface area contributed by atoms with Crippen LogP contribution in [0, 0.1) is 11.8 Å².